The van der Waals surface area contributed by atoms with E-state index >= 15 is 0 Å². The first-order chi connectivity index (χ1) is 10.5. The van der Waals surface area contributed by atoms with E-state index in [1.807, 2.05) is 30.3 Å². The van der Waals surface area contributed by atoms with Crippen molar-refractivity contribution in [1.82, 2.24) is 0 Å². The van der Waals surface area contributed by atoms with Crippen LogP contribution in [0.1, 0.15) is 21.4 Å². The fraction of sp³-hybridized carbons (Fsp3) is 0.133. The molecule has 0 amide bonds. The van der Waals surface area contributed by atoms with Gasteiger partial charge in [0.25, 0.3) is 0 Å². The van der Waals surface area contributed by atoms with Crippen molar-refractivity contribution in [2.45, 2.75) is 12.5 Å². The molecule has 0 saturated heterocycles. The molecule has 2 heteroatoms. The van der Waals surface area contributed by atoms with Crippen molar-refractivity contribution in [1.29, 1.82) is 0 Å². The Labute approximate surface area is 108 Å². The van der Waals surface area contributed by atoms with Crippen molar-refractivity contribution in [2.75, 3.05) is 0 Å². The van der Waals surface area contributed by atoms with Gasteiger partial charge in [-0.25, -0.2) is 0 Å². The molecule has 85 valence electrons. The molecule has 1 radical (unpaired) electrons. The summed E-state index contributed by atoms with van der Waals surface area (Å²) < 4.78 is 37.7. The summed E-state index contributed by atoms with van der Waals surface area (Å²) in [6.45, 7) is 0. The molecule has 2 rings (SSSR count). The predicted molar refractivity (Wildman–Crippen MR) is 67.7 cm³/mol. The van der Waals surface area contributed by atoms with E-state index in [-0.39, 0.29) is 12.0 Å². The van der Waals surface area contributed by atoms with Crippen molar-refractivity contribution in [3.63, 3.8) is 0 Å². The number of hydrogen-bond donors (Lipinski definition) is 1. The van der Waals surface area contributed by atoms with Gasteiger partial charge in [0.15, 0.2) is 5.78 Å². The fourth-order valence-corrected chi connectivity index (χ4v) is 1.49. The molecule has 2 aromatic rings. The highest BCUT2D eigenvalue weighted by Gasteiger charge is 2.15. The van der Waals surface area contributed by atoms with Crippen LogP contribution in [0.2, 0.25) is 1.41 Å². The predicted octanol–water partition coefficient (Wildman–Crippen LogP) is 2.24. The van der Waals surface area contributed by atoms with Crippen molar-refractivity contribution in [3.05, 3.63) is 71.7 Å². The third-order valence-corrected chi connectivity index (χ3v) is 2.35. The van der Waals surface area contributed by atoms with Gasteiger partial charge in [-0.15, -0.1) is 0 Å². The van der Waals surface area contributed by atoms with Crippen molar-refractivity contribution in [2.24, 2.45) is 5.73 Å². The maximum Gasteiger partial charge on any atom is 0.180 e. The number of benzene rings is 2. The van der Waals surface area contributed by atoms with Gasteiger partial charge in [0.2, 0.25) is 0 Å². The molecule has 0 aliphatic rings. The topological polar surface area (TPSA) is 43.1 Å². The molecular weight excluding hydrogens is 210 g/mol. The lowest BCUT2D eigenvalue weighted by molar-refractivity contribution is 0.0960. The minimum Gasteiger partial charge on any atom is -0.321 e. The molecule has 2 nitrogen and oxygen atoms in total. The first kappa shape index (κ1) is 6.72. The summed E-state index contributed by atoms with van der Waals surface area (Å²) in [6.07, 6.45) is 0.250. The largest absolute Gasteiger partial charge is 0.321 e. The number of carbonyl (C=O) groups is 1. The van der Waals surface area contributed by atoms with Crippen LogP contribution >= 0.6 is 0 Å². The molecule has 0 fully saturated rings. The molecule has 17 heavy (non-hydrogen) atoms. The number of hydrogen-bond acceptors (Lipinski definition) is 2. The molecule has 0 aromatic heterocycles. The van der Waals surface area contributed by atoms with Gasteiger partial charge in [-0.3, -0.25) is 4.79 Å². The van der Waals surface area contributed by atoms with E-state index in [1.165, 1.54) is 0 Å². The highest BCUT2D eigenvalue weighted by atomic mass is 16.1. The molecule has 0 aliphatic carbocycles. The number of ketones is 1. The molecule has 0 heterocycles. The van der Waals surface area contributed by atoms with Crippen LogP contribution in [0.25, 0.3) is 0 Å². The van der Waals surface area contributed by atoms with Gasteiger partial charge in [0.05, 0.1) is 11.5 Å². The maximum atomic E-state index is 12.5. The van der Waals surface area contributed by atoms with Gasteiger partial charge in [-0.2, -0.15) is 0 Å². The lowest BCUT2D eigenvalue weighted by Crippen LogP contribution is -2.32. The standard InChI is InChI=1S/C15H14NO/c16-14(11-12-7-3-1-4-8-12)15(17)13-9-5-2-6-10-13/h1-9,14H,11,16H2/t14-/m0/s1/i2D,5D,6D,9D/hD. The number of nitrogens with two attached hydrogens (primary N) is 1. The van der Waals surface area contributed by atoms with Gasteiger partial charge in [0.1, 0.15) is 1.41 Å². The maximum absolute atomic E-state index is 12.5. The Morgan fingerprint density at radius 1 is 1.41 bits per heavy atom. The van der Waals surface area contributed by atoms with E-state index < -0.39 is 36.0 Å². The molecule has 0 unspecified atom stereocenters. The normalized spacial score (nSPS) is 16.1. The van der Waals surface area contributed by atoms with Crippen LogP contribution in [0, 0.1) is 6.07 Å². The summed E-state index contributed by atoms with van der Waals surface area (Å²) >= 11 is 0. The monoisotopic (exact) mass is 229 g/mol. The molecule has 0 saturated carbocycles. The van der Waals surface area contributed by atoms with E-state index in [0.29, 0.717) is 0 Å². The number of Topliss-reactive ketones (excluding diaryl/α,β-unsaturated/α-hetero) is 1. The highest BCUT2D eigenvalue weighted by Crippen LogP contribution is 2.07. The first-order valence-corrected chi connectivity index (χ1v) is 5.20. The number of carbonyl (C=O) groups excluding carboxylic acids is 1. The Morgan fingerprint density at radius 3 is 3.00 bits per heavy atom. The van der Waals surface area contributed by atoms with E-state index in [4.69, 9.17) is 6.89 Å². The smallest absolute Gasteiger partial charge is 0.180 e. The summed E-state index contributed by atoms with van der Waals surface area (Å²) in [5.41, 5.74) is 2.78. The summed E-state index contributed by atoms with van der Waals surface area (Å²) in [6, 6.07) is 8.87. The summed E-state index contributed by atoms with van der Waals surface area (Å²) in [4.78, 5) is 12.5. The van der Waals surface area contributed by atoms with Crippen LogP contribution in [-0.4, -0.2) is 11.8 Å². The van der Waals surface area contributed by atoms with E-state index in [0.717, 1.165) is 5.56 Å². The molecule has 2 aromatic carbocycles. The van der Waals surface area contributed by atoms with Crippen LogP contribution in [0.4, 0.5) is 0 Å². The molecule has 0 aliphatic heterocycles. The van der Waals surface area contributed by atoms with E-state index in [2.05, 4.69) is 11.8 Å². The average Bonchev–Trinajstić information content (AvgIpc) is 2.54. The Balaban J connectivity index is 2.33. The minimum absolute atomic E-state index is 0.230. The molecule has 0 bridgehead atoms. The van der Waals surface area contributed by atoms with E-state index in [1.54, 1.807) is 0 Å². The zero-order chi connectivity index (χ0) is 16.3. The van der Waals surface area contributed by atoms with Crippen LogP contribution in [0.15, 0.2) is 54.5 Å². The van der Waals surface area contributed by atoms with Gasteiger partial charge >= 0.3 is 0 Å². The summed E-state index contributed by atoms with van der Waals surface area (Å²) in [5, 5.41) is 0. The van der Waals surface area contributed by atoms with Crippen molar-refractivity contribution < 1.29 is 11.7 Å². The van der Waals surface area contributed by atoms with Gasteiger partial charge in [-0.05, 0) is 18.1 Å². The zero-order valence-electron chi connectivity index (χ0n) is 14.1. The lowest BCUT2D eigenvalue weighted by atomic mass is 9.98. The van der Waals surface area contributed by atoms with Crippen LogP contribution in [-0.2, 0) is 6.42 Å². The molecular formula is C15H14NO. The summed E-state index contributed by atoms with van der Waals surface area (Å²) in [7, 11) is 0. The lowest BCUT2D eigenvalue weighted by Gasteiger charge is -2.10. The second-order valence-corrected chi connectivity index (χ2v) is 3.61. The second kappa shape index (κ2) is 5.41. The number of rotatable bonds is 5. The van der Waals surface area contributed by atoms with E-state index in [9.17, 15) is 4.79 Å². The Hall–Kier alpha value is -1.93. The average molecular weight is 229 g/mol. The second-order valence-electron chi connectivity index (χ2n) is 3.61. The van der Waals surface area contributed by atoms with Gasteiger partial charge < -0.3 is 5.73 Å². The molecule has 0 spiro atoms. The van der Waals surface area contributed by atoms with Crippen LogP contribution < -0.4 is 5.73 Å². The SMILES string of the molecule is [2H]N[C@@H](Cc1ccccc1)C(=O)c1[c]c([2H])c([2H])c([2H])c1[2H]. The minimum atomic E-state index is -0.905. The Morgan fingerprint density at radius 2 is 2.24 bits per heavy atom. The highest BCUT2D eigenvalue weighted by molar-refractivity contribution is 5.99. The van der Waals surface area contributed by atoms with Gasteiger partial charge in [-0.1, -0.05) is 54.5 Å². The van der Waals surface area contributed by atoms with Gasteiger partial charge in [0, 0.05) is 5.56 Å². The summed E-state index contributed by atoms with van der Waals surface area (Å²) in [5.74, 6) is -0.578. The first-order valence-electron chi connectivity index (χ1n) is 7.70. The quantitative estimate of drug-likeness (QED) is 0.799. The van der Waals surface area contributed by atoms with Crippen molar-refractivity contribution in [3.8, 4) is 0 Å². The van der Waals surface area contributed by atoms with Crippen LogP contribution in [0.5, 0.6) is 0 Å². The molecule has 2 N–H and O–H groups in total. The molecule has 1 atom stereocenters. The Kier molecular flexibility index (Phi) is 2.14. The fourth-order valence-electron chi connectivity index (χ4n) is 1.49. The zero-order valence-corrected chi connectivity index (χ0v) is 9.08. The third kappa shape index (κ3) is 3.02. The third-order valence-electron chi connectivity index (χ3n) is 2.35. The van der Waals surface area contributed by atoms with Crippen molar-refractivity contribution >= 4 is 5.78 Å². The van der Waals surface area contributed by atoms with Crippen LogP contribution in [0.3, 0.4) is 0 Å². The Bertz CT molecular complexity index is 690.